The van der Waals surface area contributed by atoms with Crippen LogP contribution in [0.25, 0.3) is 0 Å². The first-order valence-corrected chi connectivity index (χ1v) is 5.43. The van der Waals surface area contributed by atoms with E-state index in [2.05, 4.69) is 19.6 Å². The van der Waals surface area contributed by atoms with Crippen LogP contribution in [0.3, 0.4) is 0 Å². The molecule has 6 nitrogen and oxygen atoms in total. The van der Waals surface area contributed by atoms with Crippen molar-refractivity contribution in [2.75, 3.05) is 4.72 Å². The van der Waals surface area contributed by atoms with E-state index in [1.54, 1.807) is 0 Å². The van der Waals surface area contributed by atoms with E-state index >= 15 is 0 Å². The Kier molecular flexibility index (Phi) is 1.97. The van der Waals surface area contributed by atoms with E-state index < -0.39 is 10.2 Å². The minimum atomic E-state index is -3.40. The molecule has 0 amide bonds. The van der Waals surface area contributed by atoms with Crippen molar-refractivity contribution in [3.8, 4) is 0 Å². The van der Waals surface area contributed by atoms with Gasteiger partial charge < -0.3 is 0 Å². The zero-order valence-corrected chi connectivity index (χ0v) is 7.63. The SMILES string of the molecule is O=S(=O)(Nc1cn[nH]c1)NC1CC1. The van der Waals surface area contributed by atoms with Gasteiger partial charge in [-0.15, -0.1) is 0 Å². The van der Waals surface area contributed by atoms with Gasteiger partial charge in [0.2, 0.25) is 0 Å². The number of nitrogens with zero attached hydrogens (tertiary/aromatic N) is 1. The number of aromatic amines is 1. The zero-order valence-electron chi connectivity index (χ0n) is 6.82. The van der Waals surface area contributed by atoms with Crippen LogP contribution in [0.15, 0.2) is 12.4 Å². The van der Waals surface area contributed by atoms with Crippen LogP contribution in [0, 0.1) is 0 Å². The summed E-state index contributed by atoms with van der Waals surface area (Å²) in [7, 11) is -3.40. The van der Waals surface area contributed by atoms with Gasteiger partial charge in [-0.25, -0.2) is 0 Å². The molecule has 0 atom stereocenters. The largest absolute Gasteiger partial charge is 0.299 e. The Hall–Kier alpha value is -1.08. The maximum Gasteiger partial charge on any atom is 0.299 e. The smallest absolute Gasteiger partial charge is 0.284 e. The third-order valence-corrected chi connectivity index (χ3v) is 2.80. The number of rotatable bonds is 4. The summed E-state index contributed by atoms with van der Waals surface area (Å²) in [4.78, 5) is 0. The minimum absolute atomic E-state index is 0.115. The summed E-state index contributed by atoms with van der Waals surface area (Å²) in [5, 5.41) is 6.14. The lowest BCUT2D eigenvalue weighted by atomic mass is 10.6. The molecule has 0 unspecified atom stereocenters. The summed E-state index contributed by atoms with van der Waals surface area (Å²) in [5.41, 5.74) is 0.438. The van der Waals surface area contributed by atoms with Crippen LogP contribution in [-0.2, 0) is 10.2 Å². The highest BCUT2D eigenvalue weighted by molar-refractivity contribution is 7.90. The minimum Gasteiger partial charge on any atom is -0.284 e. The van der Waals surface area contributed by atoms with Crippen LogP contribution in [0.4, 0.5) is 5.69 Å². The molecule has 3 N–H and O–H groups in total. The average Bonchev–Trinajstić information content (AvgIpc) is 2.64. The van der Waals surface area contributed by atoms with Crippen LogP contribution >= 0.6 is 0 Å². The molecular formula is C6H10N4O2S. The van der Waals surface area contributed by atoms with Crippen molar-refractivity contribution in [2.24, 2.45) is 0 Å². The van der Waals surface area contributed by atoms with Gasteiger partial charge in [-0.1, -0.05) is 0 Å². The van der Waals surface area contributed by atoms with Gasteiger partial charge in [-0.2, -0.15) is 18.2 Å². The Balaban J connectivity index is 1.99. The Morgan fingerprint density at radius 2 is 2.31 bits per heavy atom. The first-order valence-electron chi connectivity index (χ1n) is 3.94. The summed E-state index contributed by atoms with van der Waals surface area (Å²) in [6.07, 6.45) is 4.73. The van der Waals surface area contributed by atoms with Crippen LogP contribution < -0.4 is 9.44 Å². The lowest BCUT2D eigenvalue weighted by molar-refractivity contribution is 0.586. The summed E-state index contributed by atoms with van der Waals surface area (Å²) < 4.78 is 27.4. The van der Waals surface area contributed by atoms with E-state index in [0.29, 0.717) is 5.69 Å². The lowest BCUT2D eigenvalue weighted by Gasteiger charge is -2.05. The third-order valence-electron chi connectivity index (χ3n) is 1.65. The summed E-state index contributed by atoms with van der Waals surface area (Å²) >= 11 is 0. The van der Waals surface area contributed by atoms with Gasteiger partial charge in [0.25, 0.3) is 10.2 Å². The molecular weight excluding hydrogens is 192 g/mol. The van der Waals surface area contributed by atoms with Gasteiger partial charge in [0, 0.05) is 12.2 Å². The van der Waals surface area contributed by atoms with E-state index in [1.165, 1.54) is 12.4 Å². The van der Waals surface area contributed by atoms with Crippen LogP contribution in [0.1, 0.15) is 12.8 Å². The van der Waals surface area contributed by atoms with Crippen molar-refractivity contribution in [2.45, 2.75) is 18.9 Å². The fourth-order valence-corrected chi connectivity index (χ4v) is 2.07. The van der Waals surface area contributed by atoms with Gasteiger partial charge >= 0.3 is 0 Å². The second kappa shape index (κ2) is 3.00. The van der Waals surface area contributed by atoms with E-state index in [0.717, 1.165) is 12.8 Å². The predicted molar refractivity (Wildman–Crippen MR) is 47.3 cm³/mol. The van der Waals surface area contributed by atoms with Crippen molar-refractivity contribution < 1.29 is 8.42 Å². The fourth-order valence-electron chi connectivity index (χ4n) is 0.912. The molecule has 2 rings (SSSR count). The quantitative estimate of drug-likeness (QED) is 0.633. The number of hydrogen-bond acceptors (Lipinski definition) is 3. The molecule has 0 saturated heterocycles. The van der Waals surface area contributed by atoms with Crippen molar-refractivity contribution in [1.29, 1.82) is 0 Å². The first kappa shape index (κ1) is 8.52. The average molecular weight is 202 g/mol. The molecule has 0 bridgehead atoms. The highest BCUT2D eigenvalue weighted by atomic mass is 32.2. The van der Waals surface area contributed by atoms with Crippen molar-refractivity contribution >= 4 is 15.9 Å². The molecule has 0 aliphatic heterocycles. The van der Waals surface area contributed by atoms with Gasteiger partial charge in [-0.05, 0) is 12.8 Å². The number of hydrogen-bond donors (Lipinski definition) is 3. The molecule has 0 spiro atoms. The Labute approximate surface area is 75.9 Å². The van der Waals surface area contributed by atoms with Crippen molar-refractivity contribution in [1.82, 2.24) is 14.9 Å². The van der Waals surface area contributed by atoms with E-state index in [9.17, 15) is 8.42 Å². The molecule has 0 aromatic carbocycles. The summed E-state index contributed by atoms with van der Waals surface area (Å²) in [6, 6.07) is 0.115. The lowest BCUT2D eigenvalue weighted by Crippen LogP contribution is -2.31. The van der Waals surface area contributed by atoms with Crippen molar-refractivity contribution in [3.05, 3.63) is 12.4 Å². The first-order chi connectivity index (χ1) is 6.16. The van der Waals surface area contributed by atoms with Crippen LogP contribution in [0.2, 0.25) is 0 Å². The van der Waals surface area contributed by atoms with Gasteiger partial charge in [0.05, 0.1) is 11.9 Å². The van der Waals surface area contributed by atoms with Gasteiger partial charge in [0.15, 0.2) is 0 Å². The molecule has 1 saturated carbocycles. The monoisotopic (exact) mass is 202 g/mol. The van der Waals surface area contributed by atoms with E-state index in [4.69, 9.17) is 0 Å². The molecule has 1 heterocycles. The standard InChI is InChI=1S/C6H10N4O2S/c11-13(12,9-5-1-2-5)10-6-3-7-8-4-6/h3-5,9-10H,1-2H2,(H,7,8). The molecule has 7 heteroatoms. The second-order valence-corrected chi connectivity index (χ2v) is 4.43. The normalized spacial score (nSPS) is 17.2. The number of anilines is 1. The topological polar surface area (TPSA) is 86.9 Å². The predicted octanol–water partition coefficient (Wildman–Crippen LogP) is -0.182. The number of nitrogens with one attached hydrogen (secondary N) is 3. The molecule has 1 aromatic heterocycles. The van der Waals surface area contributed by atoms with Crippen LogP contribution in [-0.4, -0.2) is 24.7 Å². The van der Waals surface area contributed by atoms with E-state index in [-0.39, 0.29) is 6.04 Å². The Morgan fingerprint density at radius 3 is 2.85 bits per heavy atom. The molecule has 1 fully saturated rings. The maximum absolute atomic E-state index is 11.3. The Morgan fingerprint density at radius 1 is 1.54 bits per heavy atom. The van der Waals surface area contributed by atoms with E-state index in [1.807, 2.05) is 0 Å². The van der Waals surface area contributed by atoms with Crippen molar-refractivity contribution in [3.63, 3.8) is 0 Å². The Bertz CT molecular complexity index is 367. The number of aromatic nitrogens is 2. The zero-order chi connectivity index (χ0) is 9.31. The molecule has 1 aliphatic carbocycles. The molecule has 0 radical (unpaired) electrons. The molecule has 1 aliphatic rings. The van der Waals surface area contributed by atoms with Gasteiger partial charge in [-0.3, -0.25) is 9.82 Å². The van der Waals surface area contributed by atoms with Gasteiger partial charge in [0.1, 0.15) is 0 Å². The highest BCUT2D eigenvalue weighted by Crippen LogP contribution is 2.20. The fraction of sp³-hybridized carbons (Fsp3) is 0.500. The highest BCUT2D eigenvalue weighted by Gasteiger charge is 2.26. The number of H-pyrrole nitrogens is 1. The summed E-state index contributed by atoms with van der Waals surface area (Å²) in [5.74, 6) is 0. The molecule has 72 valence electrons. The summed E-state index contributed by atoms with van der Waals surface area (Å²) in [6.45, 7) is 0. The maximum atomic E-state index is 11.3. The van der Waals surface area contributed by atoms with Crippen LogP contribution in [0.5, 0.6) is 0 Å². The third kappa shape index (κ3) is 2.43. The second-order valence-electron chi connectivity index (χ2n) is 2.98. The molecule has 13 heavy (non-hydrogen) atoms. The molecule has 1 aromatic rings.